The van der Waals surface area contributed by atoms with Crippen molar-refractivity contribution < 1.29 is 4.79 Å². The Hall–Kier alpha value is -1.51. The molecule has 0 radical (unpaired) electrons. The lowest BCUT2D eigenvalue weighted by Gasteiger charge is -2.33. The number of nitrogen functional groups attached to an aromatic ring is 1. The lowest BCUT2D eigenvalue weighted by atomic mass is 9.73. The van der Waals surface area contributed by atoms with Crippen LogP contribution in [0.2, 0.25) is 0 Å². The summed E-state index contributed by atoms with van der Waals surface area (Å²) in [5.74, 6) is 0.275. The van der Waals surface area contributed by atoms with Gasteiger partial charge < -0.3 is 10.6 Å². The Labute approximate surface area is 121 Å². The van der Waals surface area contributed by atoms with Crippen LogP contribution in [0.5, 0.6) is 0 Å². The van der Waals surface area contributed by atoms with E-state index in [1.54, 1.807) is 0 Å². The van der Waals surface area contributed by atoms with Gasteiger partial charge in [-0.3, -0.25) is 4.79 Å². The van der Waals surface area contributed by atoms with Crippen LogP contribution in [0.1, 0.15) is 44.1 Å². The SMILES string of the molecule is Nc1ccc(CC(=O)N2CCC3(CCCCC3)C2)cc1. The third kappa shape index (κ3) is 2.82. The molecule has 3 rings (SSSR count). The molecule has 0 bridgehead atoms. The van der Waals surface area contributed by atoms with Crippen LogP contribution in [0.15, 0.2) is 24.3 Å². The lowest BCUT2D eigenvalue weighted by molar-refractivity contribution is -0.129. The third-order valence-corrected chi connectivity index (χ3v) is 5.04. The van der Waals surface area contributed by atoms with E-state index in [1.807, 2.05) is 24.3 Å². The van der Waals surface area contributed by atoms with Crippen molar-refractivity contribution in [2.45, 2.75) is 44.9 Å². The number of carbonyl (C=O) groups excluding carboxylic acids is 1. The Balaban J connectivity index is 1.59. The second-order valence-electron chi connectivity index (χ2n) is 6.54. The lowest BCUT2D eigenvalue weighted by Crippen LogP contribution is -2.34. The maximum Gasteiger partial charge on any atom is 0.227 e. The third-order valence-electron chi connectivity index (χ3n) is 5.04. The van der Waals surface area contributed by atoms with E-state index >= 15 is 0 Å². The Morgan fingerprint density at radius 2 is 1.80 bits per heavy atom. The van der Waals surface area contributed by atoms with E-state index in [1.165, 1.54) is 38.5 Å². The van der Waals surface area contributed by atoms with E-state index in [9.17, 15) is 4.79 Å². The molecule has 1 saturated carbocycles. The van der Waals surface area contributed by atoms with Crippen LogP contribution >= 0.6 is 0 Å². The maximum absolute atomic E-state index is 12.4. The largest absolute Gasteiger partial charge is 0.399 e. The summed E-state index contributed by atoms with van der Waals surface area (Å²) >= 11 is 0. The first kappa shape index (κ1) is 13.5. The van der Waals surface area contributed by atoms with Crippen molar-refractivity contribution in [3.63, 3.8) is 0 Å². The summed E-state index contributed by atoms with van der Waals surface area (Å²) in [5.41, 5.74) is 7.95. The molecule has 2 N–H and O–H groups in total. The zero-order valence-corrected chi connectivity index (χ0v) is 12.1. The van der Waals surface area contributed by atoms with E-state index in [-0.39, 0.29) is 5.91 Å². The smallest absolute Gasteiger partial charge is 0.227 e. The number of hydrogen-bond donors (Lipinski definition) is 1. The maximum atomic E-state index is 12.4. The van der Waals surface area contributed by atoms with Crippen LogP contribution in [-0.4, -0.2) is 23.9 Å². The number of nitrogens with two attached hydrogens (primary N) is 1. The standard InChI is InChI=1S/C17H24N2O/c18-15-6-4-14(5-7-15)12-16(20)19-11-10-17(13-19)8-2-1-3-9-17/h4-7H,1-3,8-13,18H2. The summed E-state index contributed by atoms with van der Waals surface area (Å²) in [6, 6.07) is 7.66. The minimum Gasteiger partial charge on any atom is -0.399 e. The molecule has 1 aliphatic heterocycles. The fourth-order valence-electron chi connectivity index (χ4n) is 3.78. The highest BCUT2D eigenvalue weighted by atomic mass is 16.2. The van der Waals surface area contributed by atoms with Gasteiger partial charge in [0.2, 0.25) is 5.91 Å². The van der Waals surface area contributed by atoms with Gasteiger partial charge in [0.05, 0.1) is 6.42 Å². The van der Waals surface area contributed by atoms with Crippen molar-refractivity contribution >= 4 is 11.6 Å². The normalized spacial score (nSPS) is 21.3. The van der Waals surface area contributed by atoms with E-state index in [0.717, 1.165) is 24.3 Å². The molecular weight excluding hydrogens is 248 g/mol. The summed E-state index contributed by atoms with van der Waals surface area (Å²) < 4.78 is 0. The van der Waals surface area contributed by atoms with Gasteiger partial charge in [-0.25, -0.2) is 0 Å². The molecule has 3 nitrogen and oxygen atoms in total. The van der Waals surface area contributed by atoms with E-state index in [4.69, 9.17) is 5.73 Å². The number of benzene rings is 1. The average Bonchev–Trinajstić information content (AvgIpc) is 2.86. The molecule has 0 aromatic heterocycles. The fourth-order valence-corrected chi connectivity index (χ4v) is 3.78. The molecule has 1 aliphatic carbocycles. The number of nitrogens with zero attached hydrogens (tertiary/aromatic N) is 1. The molecule has 0 atom stereocenters. The van der Waals surface area contributed by atoms with Gasteiger partial charge in [0.1, 0.15) is 0 Å². The van der Waals surface area contributed by atoms with Gasteiger partial charge in [0.15, 0.2) is 0 Å². The molecule has 1 amide bonds. The van der Waals surface area contributed by atoms with E-state index in [2.05, 4.69) is 4.90 Å². The molecule has 1 aromatic carbocycles. The van der Waals surface area contributed by atoms with Gasteiger partial charge in [-0.1, -0.05) is 31.4 Å². The van der Waals surface area contributed by atoms with Crippen molar-refractivity contribution in [2.24, 2.45) is 5.41 Å². The number of amides is 1. The van der Waals surface area contributed by atoms with Gasteiger partial charge in [0.25, 0.3) is 0 Å². The quantitative estimate of drug-likeness (QED) is 0.841. The molecule has 108 valence electrons. The van der Waals surface area contributed by atoms with Crippen LogP contribution < -0.4 is 5.73 Å². The molecule has 0 unspecified atom stereocenters. The van der Waals surface area contributed by atoms with Crippen molar-refractivity contribution in [3.05, 3.63) is 29.8 Å². The van der Waals surface area contributed by atoms with Gasteiger partial charge in [0, 0.05) is 18.8 Å². The Morgan fingerprint density at radius 1 is 1.10 bits per heavy atom. The summed E-state index contributed by atoms with van der Waals surface area (Å²) in [6.07, 6.45) is 8.43. The van der Waals surface area contributed by atoms with Gasteiger partial charge >= 0.3 is 0 Å². The highest BCUT2D eigenvalue weighted by Crippen LogP contribution is 2.43. The highest BCUT2D eigenvalue weighted by molar-refractivity contribution is 5.79. The van der Waals surface area contributed by atoms with Crippen LogP contribution in [0.4, 0.5) is 5.69 Å². The van der Waals surface area contributed by atoms with Crippen molar-refractivity contribution in [1.82, 2.24) is 4.90 Å². The summed E-state index contributed by atoms with van der Waals surface area (Å²) in [5, 5.41) is 0. The average molecular weight is 272 g/mol. The molecule has 1 heterocycles. The molecule has 20 heavy (non-hydrogen) atoms. The van der Waals surface area contributed by atoms with Crippen molar-refractivity contribution in [3.8, 4) is 0 Å². The summed E-state index contributed by atoms with van der Waals surface area (Å²) in [7, 11) is 0. The minimum atomic E-state index is 0.275. The molecule has 1 aromatic rings. The number of anilines is 1. The van der Waals surface area contributed by atoms with Crippen LogP contribution in [0.3, 0.4) is 0 Å². The Kier molecular flexibility index (Phi) is 3.68. The topological polar surface area (TPSA) is 46.3 Å². The number of likely N-dealkylation sites (tertiary alicyclic amines) is 1. The molecule has 2 aliphatic rings. The van der Waals surface area contributed by atoms with Gasteiger partial charge in [-0.2, -0.15) is 0 Å². The zero-order chi connectivity index (χ0) is 14.0. The molecule has 3 heteroatoms. The van der Waals surface area contributed by atoms with Gasteiger partial charge in [-0.05, 0) is 42.4 Å². The second kappa shape index (κ2) is 5.47. The van der Waals surface area contributed by atoms with Gasteiger partial charge in [-0.15, -0.1) is 0 Å². The highest BCUT2D eigenvalue weighted by Gasteiger charge is 2.40. The molecule has 1 spiro atoms. The molecule has 2 fully saturated rings. The monoisotopic (exact) mass is 272 g/mol. The fraction of sp³-hybridized carbons (Fsp3) is 0.588. The second-order valence-corrected chi connectivity index (χ2v) is 6.54. The Bertz CT molecular complexity index is 474. The van der Waals surface area contributed by atoms with Crippen molar-refractivity contribution in [1.29, 1.82) is 0 Å². The zero-order valence-electron chi connectivity index (χ0n) is 12.1. The summed E-state index contributed by atoms with van der Waals surface area (Å²) in [4.78, 5) is 14.5. The first-order chi connectivity index (χ1) is 9.67. The minimum absolute atomic E-state index is 0.275. The first-order valence-corrected chi connectivity index (χ1v) is 7.79. The number of carbonyl (C=O) groups is 1. The van der Waals surface area contributed by atoms with Crippen LogP contribution in [0.25, 0.3) is 0 Å². The van der Waals surface area contributed by atoms with Crippen molar-refractivity contribution in [2.75, 3.05) is 18.8 Å². The first-order valence-electron chi connectivity index (χ1n) is 7.79. The number of rotatable bonds is 2. The molecule has 1 saturated heterocycles. The predicted octanol–water partition coefficient (Wildman–Crippen LogP) is 2.99. The van der Waals surface area contributed by atoms with E-state index in [0.29, 0.717) is 11.8 Å². The predicted molar refractivity (Wildman–Crippen MR) is 81.3 cm³/mol. The number of hydrogen-bond acceptors (Lipinski definition) is 2. The molecular formula is C17H24N2O. The van der Waals surface area contributed by atoms with Crippen LogP contribution in [-0.2, 0) is 11.2 Å². The van der Waals surface area contributed by atoms with Crippen LogP contribution in [0, 0.1) is 5.41 Å². The Morgan fingerprint density at radius 3 is 2.50 bits per heavy atom. The van der Waals surface area contributed by atoms with E-state index < -0.39 is 0 Å². The summed E-state index contributed by atoms with van der Waals surface area (Å²) in [6.45, 7) is 1.94.